The number of anilines is 1. The Morgan fingerprint density at radius 1 is 1.12 bits per heavy atom. The van der Waals surface area contributed by atoms with Gasteiger partial charge in [-0.25, -0.2) is 8.42 Å². The van der Waals surface area contributed by atoms with Crippen LogP contribution in [0, 0.1) is 13.8 Å². The van der Waals surface area contributed by atoms with Crippen LogP contribution in [0.3, 0.4) is 0 Å². The Balaban J connectivity index is 1.85. The minimum atomic E-state index is -3.72. The molecule has 6 nitrogen and oxygen atoms in total. The number of thiophene rings is 1. The molecule has 130 valence electrons. The van der Waals surface area contributed by atoms with E-state index in [0.29, 0.717) is 21.9 Å². The summed E-state index contributed by atoms with van der Waals surface area (Å²) >= 11 is 1.11. The number of ketones is 1. The first-order chi connectivity index (χ1) is 11.8. The van der Waals surface area contributed by atoms with Crippen molar-refractivity contribution in [3.63, 3.8) is 0 Å². The monoisotopic (exact) mass is 376 g/mol. The van der Waals surface area contributed by atoms with Gasteiger partial charge in [0.05, 0.1) is 10.6 Å². The highest BCUT2D eigenvalue weighted by Crippen LogP contribution is 2.34. The van der Waals surface area contributed by atoms with Crippen LogP contribution >= 0.6 is 11.3 Å². The van der Waals surface area contributed by atoms with E-state index in [1.807, 2.05) is 13.8 Å². The smallest absolute Gasteiger partial charge is 0.271 e. The van der Waals surface area contributed by atoms with Crippen molar-refractivity contribution in [1.82, 2.24) is 5.16 Å². The summed E-state index contributed by atoms with van der Waals surface area (Å²) < 4.78 is 33.0. The molecule has 3 aromatic rings. The number of aromatic nitrogens is 1. The molecule has 2 heterocycles. The molecule has 0 radical (unpaired) electrons. The zero-order valence-electron chi connectivity index (χ0n) is 13.9. The Labute approximate surface area is 149 Å². The van der Waals surface area contributed by atoms with Crippen molar-refractivity contribution in [2.75, 3.05) is 4.72 Å². The molecule has 2 aromatic heterocycles. The lowest BCUT2D eigenvalue weighted by Gasteiger charge is -2.06. The van der Waals surface area contributed by atoms with Gasteiger partial charge in [0.25, 0.3) is 10.0 Å². The number of carbonyl (C=O) groups excluding carboxylic acids is 1. The van der Waals surface area contributed by atoms with E-state index in [9.17, 15) is 13.2 Å². The lowest BCUT2D eigenvalue weighted by atomic mass is 10.1. The van der Waals surface area contributed by atoms with Crippen LogP contribution in [0.4, 0.5) is 5.69 Å². The van der Waals surface area contributed by atoms with Gasteiger partial charge in [-0.15, -0.1) is 11.3 Å². The van der Waals surface area contributed by atoms with Crippen molar-refractivity contribution in [3.05, 3.63) is 53.2 Å². The molecule has 0 unspecified atom stereocenters. The van der Waals surface area contributed by atoms with Crippen LogP contribution in [0.2, 0.25) is 0 Å². The topological polar surface area (TPSA) is 89.3 Å². The van der Waals surface area contributed by atoms with Gasteiger partial charge in [0, 0.05) is 16.8 Å². The second-order valence-corrected chi connectivity index (χ2v) is 8.57. The first-order valence-electron chi connectivity index (χ1n) is 7.45. The van der Waals surface area contributed by atoms with E-state index < -0.39 is 10.0 Å². The van der Waals surface area contributed by atoms with Crippen LogP contribution in [0.1, 0.15) is 28.5 Å². The van der Waals surface area contributed by atoms with E-state index in [4.69, 9.17) is 4.52 Å². The number of benzene rings is 1. The number of hydrogen-bond acceptors (Lipinski definition) is 6. The summed E-state index contributed by atoms with van der Waals surface area (Å²) in [5, 5.41) is 3.89. The molecule has 0 aliphatic rings. The SMILES string of the molecule is CC(=O)c1ccc(NS(=O)(=O)c2ccc(-c3onc(C)c3C)s2)cc1. The molecule has 25 heavy (non-hydrogen) atoms. The summed E-state index contributed by atoms with van der Waals surface area (Å²) in [6, 6.07) is 9.52. The van der Waals surface area contributed by atoms with Crippen LogP contribution < -0.4 is 4.72 Å². The molecule has 1 N–H and O–H groups in total. The molecule has 3 rings (SSSR count). The van der Waals surface area contributed by atoms with Crippen molar-refractivity contribution >= 4 is 32.8 Å². The van der Waals surface area contributed by atoms with E-state index in [1.54, 1.807) is 30.3 Å². The predicted molar refractivity (Wildman–Crippen MR) is 96.5 cm³/mol. The van der Waals surface area contributed by atoms with Crippen LogP contribution in [-0.2, 0) is 10.0 Å². The molecule has 0 atom stereocenters. The third-order valence-electron chi connectivity index (χ3n) is 3.77. The molecule has 0 amide bonds. The quantitative estimate of drug-likeness (QED) is 0.679. The molecular weight excluding hydrogens is 360 g/mol. The van der Waals surface area contributed by atoms with Gasteiger partial charge in [-0.1, -0.05) is 5.16 Å². The summed E-state index contributed by atoms with van der Waals surface area (Å²) in [5.74, 6) is 0.504. The predicted octanol–water partition coefficient (Wildman–Crippen LogP) is 4.02. The number of nitrogens with one attached hydrogen (secondary N) is 1. The fraction of sp³-hybridized carbons (Fsp3) is 0.176. The van der Waals surface area contributed by atoms with Gasteiger partial charge >= 0.3 is 0 Å². The van der Waals surface area contributed by atoms with Gasteiger partial charge in [0.15, 0.2) is 11.5 Å². The van der Waals surface area contributed by atoms with Gasteiger partial charge in [0.1, 0.15) is 4.21 Å². The van der Waals surface area contributed by atoms with E-state index in [0.717, 1.165) is 22.6 Å². The van der Waals surface area contributed by atoms with Crippen molar-refractivity contribution in [2.45, 2.75) is 25.0 Å². The Morgan fingerprint density at radius 2 is 1.80 bits per heavy atom. The second kappa shape index (κ2) is 6.45. The third kappa shape index (κ3) is 3.49. The summed E-state index contributed by atoms with van der Waals surface area (Å²) in [4.78, 5) is 12.0. The van der Waals surface area contributed by atoms with Gasteiger partial charge in [-0.05, 0) is 57.2 Å². The molecule has 0 fully saturated rings. The first-order valence-corrected chi connectivity index (χ1v) is 9.75. The van der Waals surface area contributed by atoms with Gasteiger partial charge in [-0.2, -0.15) is 0 Å². The number of aryl methyl sites for hydroxylation is 1. The number of sulfonamides is 1. The molecule has 0 aliphatic carbocycles. The van der Waals surface area contributed by atoms with Gasteiger partial charge in [-0.3, -0.25) is 9.52 Å². The Hall–Kier alpha value is -2.45. The molecule has 1 aromatic carbocycles. The fourth-order valence-corrected chi connectivity index (χ4v) is 4.61. The number of nitrogens with zero attached hydrogens (tertiary/aromatic N) is 1. The molecule has 0 bridgehead atoms. The van der Waals surface area contributed by atoms with Gasteiger partial charge < -0.3 is 4.52 Å². The second-order valence-electron chi connectivity index (χ2n) is 5.58. The Bertz CT molecular complexity index is 1030. The lowest BCUT2D eigenvalue weighted by molar-refractivity contribution is 0.101. The average molecular weight is 376 g/mol. The normalized spacial score (nSPS) is 11.5. The first kappa shape index (κ1) is 17.4. The van der Waals surface area contributed by atoms with E-state index in [-0.39, 0.29) is 9.99 Å². The van der Waals surface area contributed by atoms with Gasteiger partial charge in [0.2, 0.25) is 0 Å². The summed E-state index contributed by atoms with van der Waals surface area (Å²) in [6.07, 6.45) is 0. The molecule has 0 saturated heterocycles. The highest BCUT2D eigenvalue weighted by molar-refractivity contribution is 7.94. The van der Waals surface area contributed by atoms with Crippen LogP contribution in [-0.4, -0.2) is 19.4 Å². The molecule has 0 saturated carbocycles. The minimum Gasteiger partial charge on any atom is -0.355 e. The largest absolute Gasteiger partial charge is 0.355 e. The Kier molecular flexibility index (Phi) is 4.49. The Morgan fingerprint density at radius 3 is 2.36 bits per heavy atom. The van der Waals surface area contributed by atoms with E-state index >= 15 is 0 Å². The zero-order valence-corrected chi connectivity index (χ0v) is 15.5. The van der Waals surface area contributed by atoms with E-state index in [2.05, 4.69) is 9.88 Å². The van der Waals surface area contributed by atoms with Crippen LogP contribution in [0.15, 0.2) is 45.1 Å². The standard InChI is InChI=1S/C17H16N2O4S2/c1-10-11(2)18-23-17(10)15-8-9-16(24-15)25(21,22)19-14-6-4-13(5-7-14)12(3)20/h4-9,19H,1-3H3. The maximum atomic E-state index is 12.5. The third-order valence-corrected chi connectivity index (χ3v) is 6.73. The maximum absolute atomic E-state index is 12.5. The maximum Gasteiger partial charge on any atom is 0.271 e. The number of hydrogen-bond donors (Lipinski definition) is 1. The minimum absolute atomic E-state index is 0.0740. The molecule has 0 aliphatic heterocycles. The lowest BCUT2D eigenvalue weighted by Crippen LogP contribution is -2.11. The highest BCUT2D eigenvalue weighted by Gasteiger charge is 2.20. The average Bonchev–Trinajstić information content (AvgIpc) is 3.16. The number of Topliss-reactive ketones (excluding diaryl/α,β-unsaturated/α-hetero) is 1. The zero-order chi connectivity index (χ0) is 18.2. The number of rotatable bonds is 5. The molecule has 8 heteroatoms. The van der Waals surface area contributed by atoms with Crippen molar-refractivity contribution < 1.29 is 17.7 Å². The van der Waals surface area contributed by atoms with Crippen molar-refractivity contribution in [3.8, 4) is 10.6 Å². The summed E-state index contributed by atoms with van der Waals surface area (Å²) in [5.41, 5.74) is 2.58. The molecular formula is C17H16N2O4S2. The van der Waals surface area contributed by atoms with Crippen LogP contribution in [0.25, 0.3) is 10.6 Å². The summed E-state index contributed by atoms with van der Waals surface area (Å²) in [6.45, 7) is 5.17. The summed E-state index contributed by atoms with van der Waals surface area (Å²) in [7, 11) is -3.72. The van der Waals surface area contributed by atoms with Crippen molar-refractivity contribution in [1.29, 1.82) is 0 Å². The highest BCUT2D eigenvalue weighted by atomic mass is 32.2. The molecule has 0 spiro atoms. The number of carbonyl (C=O) groups is 1. The van der Waals surface area contributed by atoms with Crippen LogP contribution in [0.5, 0.6) is 0 Å². The van der Waals surface area contributed by atoms with E-state index in [1.165, 1.54) is 13.0 Å². The fourth-order valence-electron chi connectivity index (χ4n) is 2.21. The van der Waals surface area contributed by atoms with Crippen molar-refractivity contribution in [2.24, 2.45) is 0 Å².